The van der Waals surface area contributed by atoms with Gasteiger partial charge < -0.3 is 5.01 Å². The highest BCUT2D eigenvalue weighted by molar-refractivity contribution is 5.69. The topological polar surface area (TPSA) is 15.6 Å². The first-order chi connectivity index (χ1) is 4.31. The Morgan fingerprint density at radius 1 is 1.67 bits per heavy atom. The van der Waals surface area contributed by atoms with Gasteiger partial charge in [0, 0.05) is 19.8 Å². The van der Waals surface area contributed by atoms with Crippen molar-refractivity contribution in [3.05, 3.63) is 12.7 Å². The summed E-state index contributed by atoms with van der Waals surface area (Å²) in [6, 6.07) is 0. The zero-order valence-corrected chi connectivity index (χ0v) is 6.17. The van der Waals surface area contributed by atoms with Crippen molar-refractivity contribution in [2.45, 2.75) is 13.3 Å². The molecule has 0 fully saturated rings. The maximum atomic E-state index is 4.02. The third kappa shape index (κ3) is 5.07. The highest BCUT2D eigenvalue weighted by Gasteiger charge is 1.84. The predicted molar refractivity (Wildman–Crippen MR) is 41.6 cm³/mol. The fourth-order valence-electron chi connectivity index (χ4n) is 0.542. The molecule has 0 spiro atoms. The van der Waals surface area contributed by atoms with Crippen molar-refractivity contribution in [1.29, 1.82) is 0 Å². The number of hydrogen-bond acceptors (Lipinski definition) is 2. The SMILES string of the molecule is C=C/C=N\N(C)CCC. The van der Waals surface area contributed by atoms with Gasteiger partial charge in [-0.2, -0.15) is 5.10 Å². The van der Waals surface area contributed by atoms with Gasteiger partial charge in [0.2, 0.25) is 0 Å². The summed E-state index contributed by atoms with van der Waals surface area (Å²) in [4.78, 5) is 0. The molecule has 0 saturated carbocycles. The van der Waals surface area contributed by atoms with E-state index in [1.807, 2.05) is 12.1 Å². The summed E-state index contributed by atoms with van der Waals surface area (Å²) >= 11 is 0. The molecule has 0 aromatic heterocycles. The molecule has 0 rings (SSSR count). The molecule has 2 heteroatoms. The Labute approximate surface area is 56.9 Å². The molecule has 0 radical (unpaired) electrons. The summed E-state index contributed by atoms with van der Waals surface area (Å²) in [7, 11) is 1.95. The van der Waals surface area contributed by atoms with Crippen LogP contribution < -0.4 is 0 Å². The van der Waals surface area contributed by atoms with Crippen molar-refractivity contribution in [2.24, 2.45) is 5.10 Å². The summed E-state index contributed by atoms with van der Waals surface area (Å²) in [6.07, 6.45) is 4.49. The van der Waals surface area contributed by atoms with Gasteiger partial charge in [-0.3, -0.25) is 0 Å². The van der Waals surface area contributed by atoms with Gasteiger partial charge in [-0.15, -0.1) is 0 Å². The summed E-state index contributed by atoms with van der Waals surface area (Å²) < 4.78 is 0. The lowest BCUT2D eigenvalue weighted by atomic mass is 10.5. The van der Waals surface area contributed by atoms with Crippen LogP contribution in [0.15, 0.2) is 17.8 Å². The standard InChI is InChI=1S/C7H14N2/c1-4-6-8-9(3)7-5-2/h4,6H,1,5,7H2,2-3H3/b8-6-. The van der Waals surface area contributed by atoms with Gasteiger partial charge in [-0.25, -0.2) is 0 Å². The second kappa shape index (κ2) is 5.35. The predicted octanol–water partition coefficient (Wildman–Crippen LogP) is 1.50. The molecular formula is C7H14N2. The largest absolute Gasteiger partial charge is 0.300 e. The van der Waals surface area contributed by atoms with Crippen molar-refractivity contribution in [3.63, 3.8) is 0 Å². The smallest absolute Gasteiger partial charge is 0.0464 e. The average Bonchev–Trinajstić information content (AvgIpc) is 1.85. The molecule has 52 valence electrons. The van der Waals surface area contributed by atoms with E-state index in [2.05, 4.69) is 18.6 Å². The van der Waals surface area contributed by atoms with E-state index in [0.29, 0.717) is 0 Å². The molecule has 0 aliphatic heterocycles. The lowest BCUT2D eigenvalue weighted by Crippen LogP contribution is -2.11. The summed E-state index contributed by atoms with van der Waals surface area (Å²) in [5.41, 5.74) is 0. The summed E-state index contributed by atoms with van der Waals surface area (Å²) in [5.74, 6) is 0. The van der Waals surface area contributed by atoms with Crippen LogP contribution in [0.5, 0.6) is 0 Å². The van der Waals surface area contributed by atoms with Gasteiger partial charge in [0.1, 0.15) is 0 Å². The number of rotatable bonds is 4. The van der Waals surface area contributed by atoms with E-state index in [4.69, 9.17) is 0 Å². The average molecular weight is 126 g/mol. The number of hydrazone groups is 1. The van der Waals surface area contributed by atoms with Crippen LogP contribution in [0.3, 0.4) is 0 Å². The van der Waals surface area contributed by atoms with Crippen LogP contribution in [0, 0.1) is 0 Å². The van der Waals surface area contributed by atoms with Gasteiger partial charge >= 0.3 is 0 Å². The van der Waals surface area contributed by atoms with E-state index in [1.54, 1.807) is 12.3 Å². The molecule has 0 aromatic carbocycles. The molecule has 9 heavy (non-hydrogen) atoms. The minimum absolute atomic E-state index is 1.00. The lowest BCUT2D eigenvalue weighted by molar-refractivity contribution is 0.357. The van der Waals surface area contributed by atoms with Crippen LogP contribution in [0.4, 0.5) is 0 Å². The minimum Gasteiger partial charge on any atom is -0.300 e. The van der Waals surface area contributed by atoms with E-state index in [9.17, 15) is 0 Å². The van der Waals surface area contributed by atoms with Crippen LogP contribution in [0.2, 0.25) is 0 Å². The highest BCUT2D eigenvalue weighted by Crippen LogP contribution is 1.84. The first-order valence-electron chi connectivity index (χ1n) is 3.17. The van der Waals surface area contributed by atoms with Crippen LogP contribution in [-0.4, -0.2) is 24.8 Å². The van der Waals surface area contributed by atoms with Crippen LogP contribution in [0.1, 0.15) is 13.3 Å². The molecule has 0 amide bonds. The minimum atomic E-state index is 1.00. The number of allylic oxidation sites excluding steroid dienone is 1. The highest BCUT2D eigenvalue weighted by atomic mass is 15.4. The van der Waals surface area contributed by atoms with Gasteiger partial charge in [0.25, 0.3) is 0 Å². The first kappa shape index (κ1) is 8.21. The zero-order valence-electron chi connectivity index (χ0n) is 6.17. The molecule has 0 aliphatic carbocycles. The van der Waals surface area contributed by atoms with Gasteiger partial charge in [0.15, 0.2) is 0 Å². The third-order valence-corrected chi connectivity index (χ3v) is 0.916. The molecular weight excluding hydrogens is 112 g/mol. The normalized spacial score (nSPS) is 10.0. The molecule has 0 aromatic rings. The first-order valence-corrected chi connectivity index (χ1v) is 3.17. The number of nitrogens with zero attached hydrogens (tertiary/aromatic N) is 2. The fraction of sp³-hybridized carbons (Fsp3) is 0.571. The van der Waals surface area contributed by atoms with Crippen LogP contribution >= 0.6 is 0 Å². The van der Waals surface area contributed by atoms with Crippen molar-refractivity contribution in [2.75, 3.05) is 13.6 Å². The van der Waals surface area contributed by atoms with Gasteiger partial charge in [-0.05, 0) is 12.5 Å². The third-order valence-electron chi connectivity index (χ3n) is 0.916. The summed E-state index contributed by atoms with van der Waals surface area (Å²) in [5, 5.41) is 5.91. The van der Waals surface area contributed by atoms with E-state index in [-0.39, 0.29) is 0 Å². The van der Waals surface area contributed by atoms with Crippen molar-refractivity contribution >= 4 is 6.21 Å². The van der Waals surface area contributed by atoms with Crippen LogP contribution in [0.25, 0.3) is 0 Å². The fourth-order valence-corrected chi connectivity index (χ4v) is 0.542. The van der Waals surface area contributed by atoms with Crippen LogP contribution in [-0.2, 0) is 0 Å². The molecule has 0 heterocycles. The Morgan fingerprint density at radius 2 is 2.33 bits per heavy atom. The lowest BCUT2D eigenvalue weighted by Gasteiger charge is -2.08. The number of hydrogen-bond donors (Lipinski definition) is 0. The van der Waals surface area contributed by atoms with Crippen molar-refractivity contribution in [1.82, 2.24) is 5.01 Å². The quantitative estimate of drug-likeness (QED) is 0.411. The van der Waals surface area contributed by atoms with Gasteiger partial charge in [0.05, 0.1) is 0 Å². The Morgan fingerprint density at radius 3 is 2.78 bits per heavy atom. The Balaban J connectivity index is 3.35. The molecule has 2 nitrogen and oxygen atoms in total. The molecule has 0 aliphatic rings. The maximum absolute atomic E-state index is 4.02. The van der Waals surface area contributed by atoms with E-state index < -0.39 is 0 Å². The molecule has 0 N–H and O–H groups in total. The molecule has 0 saturated heterocycles. The van der Waals surface area contributed by atoms with E-state index in [0.717, 1.165) is 13.0 Å². The molecule has 0 unspecified atom stereocenters. The van der Waals surface area contributed by atoms with Crippen molar-refractivity contribution in [3.8, 4) is 0 Å². The Hall–Kier alpha value is -0.790. The second-order valence-corrected chi connectivity index (χ2v) is 1.88. The summed E-state index contributed by atoms with van der Waals surface area (Å²) in [6.45, 7) is 6.65. The molecule has 0 bridgehead atoms. The Kier molecular flexibility index (Phi) is 4.88. The van der Waals surface area contributed by atoms with E-state index in [1.165, 1.54) is 0 Å². The van der Waals surface area contributed by atoms with Crippen molar-refractivity contribution < 1.29 is 0 Å². The van der Waals surface area contributed by atoms with E-state index >= 15 is 0 Å². The van der Waals surface area contributed by atoms with Gasteiger partial charge in [-0.1, -0.05) is 13.5 Å². The maximum Gasteiger partial charge on any atom is 0.0464 e. The molecule has 0 atom stereocenters. The monoisotopic (exact) mass is 126 g/mol. The second-order valence-electron chi connectivity index (χ2n) is 1.88. The Bertz CT molecular complexity index is 97.1. The zero-order chi connectivity index (χ0) is 7.11.